The van der Waals surface area contributed by atoms with E-state index in [9.17, 15) is 14.0 Å². The van der Waals surface area contributed by atoms with Gasteiger partial charge in [0.05, 0.1) is 11.7 Å². The van der Waals surface area contributed by atoms with Gasteiger partial charge in [0, 0.05) is 49.7 Å². The van der Waals surface area contributed by atoms with Crippen LogP contribution in [0.3, 0.4) is 0 Å². The number of pyridine rings is 2. The van der Waals surface area contributed by atoms with Gasteiger partial charge in [0.2, 0.25) is 0 Å². The van der Waals surface area contributed by atoms with Gasteiger partial charge in [-0.15, -0.1) is 0 Å². The molecule has 1 aromatic carbocycles. The summed E-state index contributed by atoms with van der Waals surface area (Å²) in [5.74, 6) is -0.00678. The van der Waals surface area contributed by atoms with Gasteiger partial charge in [-0.1, -0.05) is 0 Å². The molecule has 34 heavy (non-hydrogen) atoms. The monoisotopic (exact) mass is 465 g/mol. The summed E-state index contributed by atoms with van der Waals surface area (Å²) in [6.07, 6.45) is 1.96. The molecule has 2 N–H and O–H groups in total. The lowest BCUT2D eigenvalue weighted by atomic mass is 10.0. The van der Waals surface area contributed by atoms with Crippen LogP contribution in [-0.2, 0) is 13.1 Å². The molecule has 1 unspecified atom stereocenters. The van der Waals surface area contributed by atoms with E-state index in [0.29, 0.717) is 38.0 Å². The third-order valence-corrected chi connectivity index (χ3v) is 7.23. The number of rotatable bonds is 5. The summed E-state index contributed by atoms with van der Waals surface area (Å²) in [5.41, 5.74) is 2.25. The lowest BCUT2D eigenvalue weighted by Gasteiger charge is -2.34. The Morgan fingerprint density at radius 3 is 2.71 bits per heavy atom. The summed E-state index contributed by atoms with van der Waals surface area (Å²) in [4.78, 5) is 27.4. The minimum atomic E-state index is -0.321. The largest absolute Gasteiger partial charge is 0.486 e. The van der Waals surface area contributed by atoms with Crippen LogP contribution in [0.4, 0.5) is 10.1 Å². The molecule has 0 spiro atoms. The smallest absolute Gasteiger partial charge is 0.252 e. The van der Waals surface area contributed by atoms with Crippen LogP contribution in [0.5, 0.6) is 5.75 Å². The van der Waals surface area contributed by atoms with Crippen LogP contribution in [-0.4, -0.2) is 52.9 Å². The number of nitrogens with zero attached hydrogens (tertiary/aromatic N) is 3. The van der Waals surface area contributed by atoms with Gasteiger partial charge < -0.3 is 20.3 Å². The van der Waals surface area contributed by atoms with Crippen LogP contribution in [0.1, 0.15) is 24.4 Å². The number of hydrogen-bond acceptors (Lipinski definition) is 6. The highest BCUT2D eigenvalue weighted by Gasteiger charge is 2.29. The van der Waals surface area contributed by atoms with E-state index in [1.165, 1.54) is 0 Å². The first kappa shape index (κ1) is 21.4. The Morgan fingerprint density at radius 2 is 1.88 bits per heavy atom. The Kier molecular flexibility index (Phi) is 5.38. The fraction of sp³-hybridized carbons (Fsp3) is 0.440. The maximum absolute atomic E-state index is 14.3. The number of likely N-dealkylation sites (tertiary alicyclic amines) is 1. The van der Waals surface area contributed by atoms with E-state index in [0.717, 1.165) is 54.8 Å². The molecule has 1 fully saturated rings. The molecular formula is C25H28FN5O3. The van der Waals surface area contributed by atoms with Crippen LogP contribution in [0, 0.1) is 5.82 Å². The molecule has 3 aliphatic heterocycles. The summed E-state index contributed by atoms with van der Waals surface area (Å²) in [5, 5.41) is 7.69. The van der Waals surface area contributed by atoms with Crippen molar-refractivity contribution in [1.29, 1.82) is 0 Å². The zero-order valence-corrected chi connectivity index (χ0v) is 18.9. The number of ether oxygens (including phenoxy) is 1. The molecule has 0 radical (unpaired) electrons. The van der Waals surface area contributed by atoms with E-state index in [1.807, 2.05) is 6.07 Å². The number of hydrogen-bond donors (Lipinski definition) is 2. The molecular weight excluding hydrogens is 437 g/mol. The first-order chi connectivity index (χ1) is 16.6. The lowest BCUT2D eigenvalue weighted by Crippen LogP contribution is -2.44. The number of aromatic nitrogens is 2. The van der Waals surface area contributed by atoms with Crippen molar-refractivity contribution in [3.63, 3.8) is 0 Å². The molecule has 3 aliphatic rings. The van der Waals surface area contributed by atoms with Crippen molar-refractivity contribution >= 4 is 16.7 Å². The van der Waals surface area contributed by atoms with Gasteiger partial charge in [0.1, 0.15) is 12.3 Å². The van der Waals surface area contributed by atoms with E-state index >= 15 is 0 Å². The normalized spacial score (nSPS) is 20.2. The zero-order valence-electron chi connectivity index (χ0n) is 18.9. The van der Waals surface area contributed by atoms with Crippen molar-refractivity contribution in [3.8, 4) is 5.75 Å². The quantitative estimate of drug-likeness (QED) is 0.599. The summed E-state index contributed by atoms with van der Waals surface area (Å²) in [6.45, 7) is 4.88. The Bertz CT molecular complexity index is 1350. The number of anilines is 1. The molecule has 0 saturated carbocycles. The Morgan fingerprint density at radius 1 is 1.09 bits per heavy atom. The summed E-state index contributed by atoms with van der Waals surface area (Å²) in [6, 6.07) is 10.6. The predicted octanol–water partition coefficient (Wildman–Crippen LogP) is 1.92. The molecule has 0 bridgehead atoms. The van der Waals surface area contributed by atoms with Crippen LogP contribution in [0.15, 0.2) is 46.0 Å². The molecule has 1 saturated heterocycles. The Balaban J connectivity index is 1.07. The van der Waals surface area contributed by atoms with E-state index in [2.05, 4.69) is 15.5 Å². The van der Waals surface area contributed by atoms with Crippen LogP contribution in [0.2, 0.25) is 0 Å². The van der Waals surface area contributed by atoms with E-state index in [-0.39, 0.29) is 23.0 Å². The second-order valence-electron chi connectivity index (χ2n) is 9.44. The van der Waals surface area contributed by atoms with Gasteiger partial charge in [0.25, 0.3) is 11.1 Å². The molecule has 2 aromatic heterocycles. The average Bonchev–Trinajstić information content (AvgIpc) is 3.24. The van der Waals surface area contributed by atoms with Crippen molar-refractivity contribution in [3.05, 3.63) is 68.5 Å². The van der Waals surface area contributed by atoms with Gasteiger partial charge >= 0.3 is 0 Å². The number of fused-ring (bicyclic) bond motifs is 1. The van der Waals surface area contributed by atoms with Crippen molar-refractivity contribution < 1.29 is 9.13 Å². The van der Waals surface area contributed by atoms with Gasteiger partial charge in [-0.2, -0.15) is 0 Å². The topological polar surface area (TPSA) is 80.5 Å². The third-order valence-electron chi connectivity index (χ3n) is 7.23. The number of piperidine rings is 1. The molecule has 0 amide bonds. The SMILES string of the molecule is O=c1ccc2ccc(=O)n3c2n1CC3CN1CCC(NCc2cc(F)c3c(c2)NCCO3)CC1. The van der Waals surface area contributed by atoms with Crippen molar-refractivity contribution in [1.82, 2.24) is 19.4 Å². The van der Waals surface area contributed by atoms with Crippen molar-refractivity contribution in [2.45, 2.75) is 38.0 Å². The zero-order chi connectivity index (χ0) is 23.2. The lowest BCUT2D eigenvalue weighted by molar-refractivity contribution is 0.171. The second kappa shape index (κ2) is 8.56. The van der Waals surface area contributed by atoms with Gasteiger partial charge in [-0.25, -0.2) is 4.39 Å². The highest BCUT2D eigenvalue weighted by atomic mass is 19.1. The molecule has 8 nitrogen and oxygen atoms in total. The highest BCUT2D eigenvalue weighted by molar-refractivity contribution is 5.76. The van der Waals surface area contributed by atoms with E-state index in [4.69, 9.17) is 4.74 Å². The summed E-state index contributed by atoms with van der Waals surface area (Å²) in [7, 11) is 0. The number of nitrogens with one attached hydrogen (secondary N) is 2. The molecule has 5 heterocycles. The molecule has 9 heteroatoms. The third kappa shape index (κ3) is 3.78. The first-order valence-electron chi connectivity index (χ1n) is 12.0. The highest BCUT2D eigenvalue weighted by Crippen LogP contribution is 2.32. The van der Waals surface area contributed by atoms with Gasteiger partial charge in [0.15, 0.2) is 11.6 Å². The van der Waals surface area contributed by atoms with Crippen LogP contribution in [0.25, 0.3) is 11.0 Å². The second-order valence-corrected chi connectivity index (χ2v) is 9.44. The van der Waals surface area contributed by atoms with Gasteiger partial charge in [-0.3, -0.25) is 18.7 Å². The summed E-state index contributed by atoms with van der Waals surface area (Å²) >= 11 is 0. The standard InChI is InChI=1S/C25H28FN5O3/c26-20-11-16(12-21-24(20)34-10-7-27-21)13-28-18-5-8-29(9-6-18)14-19-15-30-22(32)3-1-17-2-4-23(33)31(19)25(17)30/h1-4,11-12,18-19,27-28H,5-10,13-15H2. The Hall–Kier alpha value is -3.17. The van der Waals surface area contributed by atoms with Crippen LogP contribution >= 0.6 is 0 Å². The van der Waals surface area contributed by atoms with Crippen LogP contribution < -0.4 is 26.5 Å². The fourth-order valence-corrected chi connectivity index (χ4v) is 5.54. The maximum atomic E-state index is 14.3. The molecule has 6 rings (SSSR count). The molecule has 0 aliphatic carbocycles. The maximum Gasteiger partial charge on any atom is 0.252 e. The molecule has 3 aromatic rings. The minimum absolute atomic E-state index is 0.0380. The number of halogens is 1. The predicted molar refractivity (Wildman–Crippen MR) is 128 cm³/mol. The molecule has 178 valence electrons. The van der Waals surface area contributed by atoms with Gasteiger partial charge in [-0.05, 0) is 55.8 Å². The van der Waals surface area contributed by atoms with Crippen molar-refractivity contribution in [2.75, 3.05) is 38.1 Å². The Labute approximate surface area is 195 Å². The van der Waals surface area contributed by atoms with Crippen molar-refractivity contribution in [2.24, 2.45) is 0 Å². The summed E-state index contributed by atoms with van der Waals surface area (Å²) < 4.78 is 23.3. The minimum Gasteiger partial charge on any atom is -0.486 e. The molecule has 1 atom stereocenters. The average molecular weight is 466 g/mol. The fourth-order valence-electron chi connectivity index (χ4n) is 5.54. The first-order valence-corrected chi connectivity index (χ1v) is 12.0. The van der Waals surface area contributed by atoms with E-state index in [1.54, 1.807) is 39.5 Å². The number of benzene rings is 1. The van der Waals surface area contributed by atoms with E-state index < -0.39 is 0 Å².